The minimum Gasteiger partial charge on any atom is -0.352 e. The molecule has 2 aliphatic heterocycles. The molecule has 3 aliphatic rings. The normalized spacial score (nSPS) is 22.9. The van der Waals surface area contributed by atoms with Crippen molar-refractivity contribution in [3.05, 3.63) is 35.6 Å². The first-order valence-corrected chi connectivity index (χ1v) is 11.1. The molecule has 158 valence electrons. The number of carbonyl (C=O) groups excluding carboxylic acids is 2. The lowest BCUT2D eigenvalue weighted by Crippen LogP contribution is -2.50. The van der Waals surface area contributed by atoms with Crippen LogP contribution in [0.3, 0.4) is 0 Å². The van der Waals surface area contributed by atoms with Gasteiger partial charge in [0.15, 0.2) is 0 Å². The highest BCUT2D eigenvalue weighted by atomic mass is 19.1. The topological polar surface area (TPSA) is 52.7 Å². The number of rotatable bonds is 6. The summed E-state index contributed by atoms with van der Waals surface area (Å²) in [6.07, 6.45) is 8.12. The summed E-state index contributed by atoms with van der Waals surface area (Å²) >= 11 is 0. The average Bonchev–Trinajstić information content (AvgIpc) is 3.34. The molecule has 0 atom stereocenters. The third kappa shape index (κ3) is 4.80. The molecule has 5 nitrogen and oxygen atoms in total. The molecule has 0 bridgehead atoms. The van der Waals surface area contributed by atoms with Gasteiger partial charge in [-0.2, -0.15) is 0 Å². The molecule has 6 heteroatoms. The molecule has 29 heavy (non-hydrogen) atoms. The Labute approximate surface area is 172 Å². The summed E-state index contributed by atoms with van der Waals surface area (Å²) in [5.41, 5.74) is 1.40. The van der Waals surface area contributed by atoms with Crippen LogP contribution in [-0.4, -0.2) is 60.4 Å². The molecular formula is C23H32FN3O2. The number of piperidine rings is 1. The average molecular weight is 402 g/mol. The van der Waals surface area contributed by atoms with E-state index in [1.807, 2.05) is 12.1 Å². The lowest BCUT2D eigenvalue weighted by molar-refractivity contribution is -0.133. The summed E-state index contributed by atoms with van der Waals surface area (Å²) in [7, 11) is 0. The third-order valence-electron chi connectivity index (χ3n) is 7.00. The fraction of sp³-hybridized carbons (Fsp3) is 0.652. The van der Waals surface area contributed by atoms with Crippen LogP contribution in [0, 0.1) is 5.82 Å². The smallest absolute Gasteiger partial charge is 0.239 e. The highest BCUT2D eigenvalue weighted by molar-refractivity contribution is 5.85. The summed E-state index contributed by atoms with van der Waals surface area (Å²) in [6, 6.07) is 7.30. The van der Waals surface area contributed by atoms with E-state index in [0.29, 0.717) is 13.0 Å². The van der Waals surface area contributed by atoms with Crippen molar-refractivity contribution in [1.82, 2.24) is 15.1 Å². The van der Waals surface area contributed by atoms with E-state index in [-0.39, 0.29) is 35.6 Å². The maximum Gasteiger partial charge on any atom is 0.239 e. The Hall–Kier alpha value is -1.95. The Morgan fingerprint density at radius 2 is 1.76 bits per heavy atom. The third-order valence-corrected chi connectivity index (χ3v) is 7.00. The molecule has 0 aromatic heterocycles. The second kappa shape index (κ2) is 8.82. The minimum absolute atomic E-state index is 0.0303. The maximum absolute atomic E-state index is 13.4. The number of carbonyl (C=O) groups is 2. The van der Waals surface area contributed by atoms with Crippen molar-refractivity contribution in [3.63, 3.8) is 0 Å². The number of hydrogen-bond donors (Lipinski definition) is 1. The van der Waals surface area contributed by atoms with Crippen LogP contribution in [0.2, 0.25) is 0 Å². The molecule has 2 amide bonds. The van der Waals surface area contributed by atoms with Crippen molar-refractivity contribution in [2.45, 2.75) is 62.8 Å². The van der Waals surface area contributed by atoms with Crippen molar-refractivity contribution < 1.29 is 14.0 Å². The van der Waals surface area contributed by atoms with E-state index in [1.54, 1.807) is 17.0 Å². The van der Waals surface area contributed by atoms with Crippen LogP contribution in [-0.2, 0) is 15.0 Å². The molecule has 0 radical (unpaired) electrons. The van der Waals surface area contributed by atoms with Gasteiger partial charge in [0.05, 0.1) is 6.54 Å². The number of nitrogens with one attached hydrogen (secondary N) is 1. The molecule has 0 spiro atoms. The number of halogens is 1. The highest BCUT2D eigenvalue weighted by Gasteiger charge is 2.38. The first-order valence-electron chi connectivity index (χ1n) is 11.1. The van der Waals surface area contributed by atoms with Crippen molar-refractivity contribution in [3.8, 4) is 0 Å². The van der Waals surface area contributed by atoms with E-state index < -0.39 is 0 Å². The van der Waals surface area contributed by atoms with Crippen molar-refractivity contribution in [2.24, 2.45) is 0 Å². The number of hydrogen-bond acceptors (Lipinski definition) is 3. The van der Waals surface area contributed by atoms with Gasteiger partial charge in [-0.15, -0.1) is 0 Å². The monoisotopic (exact) mass is 401 g/mol. The van der Waals surface area contributed by atoms with Gasteiger partial charge in [0.1, 0.15) is 5.82 Å². The quantitative estimate of drug-likeness (QED) is 0.798. The standard InChI is InChI=1S/C23H32FN3O2/c24-19-7-5-18(6-8-19)23(11-1-2-12-23)17-26-14-9-20(10-15-26)25-21(28)16-27-13-3-4-22(27)29/h5-8,20H,1-4,9-17H2,(H,25,28). The number of amides is 2. The van der Waals surface area contributed by atoms with Crippen LogP contribution in [0.5, 0.6) is 0 Å². The van der Waals surface area contributed by atoms with Crippen LogP contribution >= 0.6 is 0 Å². The van der Waals surface area contributed by atoms with Crippen LogP contribution < -0.4 is 5.32 Å². The number of likely N-dealkylation sites (tertiary alicyclic amines) is 2. The summed E-state index contributed by atoms with van der Waals surface area (Å²) < 4.78 is 13.4. The van der Waals surface area contributed by atoms with Crippen LogP contribution in [0.1, 0.15) is 56.9 Å². The van der Waals surface area contributed by atoms with E-state index in [0.717, 1.165) is 38.9 Å². The number of benzene rings is 1. The largest absolute Gasteiger partial charge is 0.352 e. The minimum atomic E-state index is -0.172. The fourth-order valence-corrected chi connectivity index (χ4v) is 5.37. The second-order valence-electron chi connectivity index (χ2n) is 9.03. The van der Waals surface area contributed by atoms with E-state index in [1.165, 1.54) is 31.2 Å². The molecule has 1 aliphatic carbocycles. The molecule has 4 rings (SSSR count). The number of nitrogens with zero attached hydrogens (tertiary/aromatic N) is 2. The van der Waals surface area contributed by atoms with E-state index in [4.69, 9.17) is 0 Å². The first kappa shape index (κ1) is 20.3. The van der Waals surface area contributed by atoms with Gasteiger partial charge in [0.2, 0.25) is 11.8 Å². The molecule has 0 unspecified atom stereocenters. The molecule has 1 aromatic carbocycles. The van der Waals surface area contributed by atoms with Gasteiger partial charge >= 0.3 is 0 Å². The Balaban J connectivity index is 1.28. The maximum atomic E-state index is 13.4. The van der Waals surface area contributed by atoms with Gasteiger partial charge in [-0.25, -0.2) is 4.39 Å². The fourth-order valence-electron chi connectivity index (χ4n) is 5.37. The molecule has 1 aromatic rings. The lowest BCUT2D eigenvalue weighted by Gasteiger charge is -2.39. The van der Waals surface area contributed by atoms with Crippen LogP contribution in [0.25, 0.3) is 0 Å². The Morgan fingerprint density at radius 3 is 2.38 bits per heavy atom. The van der Waals surface area contributed by atoms with Crippen LogP contribution in [0.4, 0.5) is 4.39 Å². The van der Waals surface area contributed by atoms with Crippen molar-refractivity contribution in [1.29, 1.82) is 0 Å². The van der Waals surface area contributed by atoms with Crippen molar-refractivity contribution in [2.75, 3.05) is 32.7 Å². The predicted molar refractivity (Wildman–Crippen MR) is 110 cm³/mol. The van der Waals surface area contributed by atoms with Gasteiger partial charge in [-0.3, -0.25) is 9.59 Å². The summed E-state index contributed by atoms with van der Waals surface area (Å²) in [5.74, 6) is -0.107. The van der Waals surface area contributed by atoms with Gasteiger partial charge < -0.3 is 15.1 Å². The first-order chi connectivity index (χ1) is 14.0. The second-order valence-corrected chi connectivity index (χ2v) is 9.03. The Morgan fingerprint density at radius 1 is 1.07 bits per heavy atom. The van der Waals surface area contributed by atoms with Crippen molar-refractivity contribution >= 4 is 11.8 Å². The predicted octanol–water partition coefficient (Wildman–Crippen LogP) is 2.84. The summed E-state index contributed by atoms with van der Waals surface area (Å²) in [6.45, 7) is 3.86. The van der Waals surface area contributed by atoms with Gasteiger partial charge in [-0.1, -0.05) is 25.0 Å². The Bertz CT molecular complexity index is 722. The van der Waals surface area contributed by atoms with Crippen LogP contribution in [0.15, 0.2) is 24.3 Å². The summed E-state index contributed by atoms with van der Waals surface area (Å²) in [5, 5.41) is 3.13. The van der Waals surface area contributed by atoms with Gasteiger partial charge in [-0.05, 0) is 49.8 Å². The van der Waals surface area contributed by atoms with E-state index in [9.17, 15) is 14.0 Å². The SMILES string of the molecule is O=C(CN1CCCC1=O)NC1CCN(CC2(c3ccc(F)cc3)CCCC2)CC1. The van der Waals surface area contributed by atoms with Gasteiger partial charge in [0.25, 0.3) is 0 Å². The molecule has 1 N–H and O–H groups in total. The molecule has 2 heterocycles. The molecule has 1 saturated carbocycles. The molecule has 2 saturated heterocycles. The zero-order valence-corrected chi connectivity index (χ0v) is 17.2. The molecular weight excluding hydrogens is 369 g/mol. The highest BCUT2D eigenvalue weighted by Crippen LogP contribution is 2.42. The van der Waals surface area contributed by atoms with Gasteiger partial charge in [0, 0.05) is 44.1 Å². The lowest BCUT2D eigenvalue weighted by atomic mass is 9.78. The Kier molecular flexibility index (Phi) is 6.18. The molecule has 3 fully saturated rings. The zero-order chi connectivity index (χ0) is 20.3. The van der Waals surface area contributed by atoms with E-state index >= 15 is 0 Å². The van der Waals surface area contributed by atoms with E-state index in [2.05, 4.69) is 10.2 Å². The summed E-state index contributed by atoms with van der Waals surface area (Å²) in [4.78, 5) is 28.2. The zero-order valence-electron chi connectivity index (χ0n) is 17.2.